The molecule has 1 heterocycles. The van der Waals surface area contributed by atoms with Crippen molar-refractivity contribution in [2.45, 2.75) is 24.3 Å². The Morgan fingerprint density at radius 2 is 1.69 bits per heavy atom. The van der Waals surface area contributed by atoms with Crippen LogP contribution in [-0.2, 0) is 16.6 Å². The molecule has 8 heteroatoms. The zero-order valence-electron chi connectivity index (χ0n) is 14.5. The van der Waals surface area contributed by atoms with E-state index in [1.165, 1.54) is 35.6 Å². The molecule has 2 aromatic rings. The number of nitrogens with zero attached hydrogens (tertiary/aromatic N) is 3. The zero-order chi connectivity index (χ0) is 18.7. The quantitative estimate of drug-likeness (QED) is 0.572. The van der Waals surface area contributed by atoms with E-state index in [-0.39, 0.29) is 17.1 Å². The first kappa shape index (κ1) is 18.3. The Morgan fingerprint density at radius 3 is 2.31 bits per heavy atom. The van der Waals surface area contributed by atoms with E-state index in [4.69, 9.17) is 0 Å². The third-order valence-corrected chi connectivity index (χ3v) is 6.40. The average Bonchev–Trinajstić information content (AvgIpc) is 3.16. The number of sulfonamides is 1. The van der Waals surface area contributed by atoms with E-state index in [0.29, 0.717) is 0 Å². The van der Waals surface area contributed by atoms with Crippen LogP contribution in [0.4, 0.5) is 11.4 Å². The van der Waals surface area contributed by atoms with Gasteiger partial charge >= 0.3 is 0 Å². The number of anilines is 1. The van der Waals surface area contributed by atoms with E-state index in [1.807, 2.05) is 24.3 Å². The van der Waals surface area contributed by atoms with Gasteiger partial charge in [0.2, 0.25) is 10.0 Å². The summed E-state index contributed by atoms with van der Waals surface area (Å²) in [5.74, 6) is 0. The molecule has 0 aliphatic carbocycles. The Kier molecular flexibility index (Phi) is 5.24. The summed E-state index contributed by atoms with van der Waals surface area (Å²) in [6, 6.07) is 12.8. The molecule has 26 heavy (non-hydrogen) atoms. The molecule has 0 amide bonds. The van der Waals surface area contributed by atoms with Gasteiger partial charge in [0.1, 0.15) is 0 Å². The molecule has 1 fully saturated rings. The molecular formula is C18H21N3O4S. The minimum Gasteiger partial charge on any atom is -0.371 e. The van der Waals surface area contributed by atoms with Gasteiger partial charge in [0.25, 0.3) is 5.69 Å². The van der Waals surface area contributed by atoms with Gasteiger partial charge in [0.15, 0.2) is 0 Å². The van der Waals surface area contributed by atoms with Gasteiger partial charge in [-0.3, -0.25) is 10.1 Å². The second-order valence-electron chi connectivity index (χ2n) is 6.33. The second kappa shape index (κ2) is 7.43. The first-order valence-corrected chi connectivity index (χ1v) is 9.87. The number of hydrogen-bond donors (Lipinski definition) is 0. The smallest absolute Gasteiger partial charge is 0.269 e. The lowest BCUT2D eigenvalue weighted by atomic mass is 10.1. The lowest BCUT2D eigenvalue weighted by Gasteiger charge is -2.24. The summed E-state index contributed by atoms with van der Waals surface area (Å²) in [6.07, 6.45) is 2.29. The monoisotopic (exact) mass is 375 g/mol. The van der Waals surface area contributed by atoms with Gasteiger partial charge < -0.3 is 4.90 Å². The second-order valence-corrected chi connectivity index (χ2v) is 8.38. The van der Waals surface area contributed by atoms with E-state index in [9.17, 15) is 18.5 Å². The van der Waals surface area contributed by atoms with Gasteiger partial charge in [-0.15, -0.1) is 0 Å². The highest BCUT2D eigenvalue weighted by molar-refractivity contribution is 7.89. The molecule has 0 spiro atoms. The topological polar surface area (TPSA) is 83.8 Å². The molecule has 7 nitrogen and oxygen atoms in total. The van der Waals surface area contributed by atoms with Gasteiger partial charge in [0.05, 0.1) is 9.82 Å². The number of nitro groups is 1. The predicted molar refractivity (Wildman–Crippen MR) is 99.6 cm³/mol. The SMILES string of the molecule is CN(Cc1ccccc1N1CCCC1)S(=O)(=O)c1ccc([N+](=O)[O-])cc1. The van der Waals surface area contributed by atoms with E-state index in [0.717, 1.165) is 37.2 Å². The van der Waals surface area contributed by atoms with Crippen LogP contribution in [-0.4, -0.2) is 37.8 Å². The number of nitro benzene ring substituents is 1. The van der Waals surface area contributed by atoms with Gasteiger partial charge in [-0.2, -0.15) is 4.31 Å². The highest BCUT2D eigenvalue weighted by Gasteiger charge is 2.24. The van der Waals surface area contributed by atoms with Crippen LogP contribution in [0.2, 0.25) is 0 Å². The van der Waals surface area contributed by atoms with E-state index in [2.05, 4.69) is 4.90 Å². The molecule has 1 aliphatic heterocycles. The van der Waals surface area contributed by atoms with Crippen molar-refractivity contribution in [2.75, 3.05) is 25.0 Å². The van der Waals surface area contributed by atoms with Crippen molar-refractivity contribution in [1.82, 2.24) is 4.31 Å². The molecule has 0 aromatic heterocycles. The molecule has 0 N–H and O–H groups in total. The van der Waals surface area contributed by atoms with Gasteiger partial charge in [0, 0.05) is 44.5 Å². The number of hydrogen-bond acceptors (Lipinski definition) is 5. The fourth-order valence-electron chi connectivity index (χ4n) is 3.16. The normalized spacial score (nSPS) is 14.8. The van der Waals surface area contributed by atoms with Crippen molar-refractivity contribution >= 4 is 21.4 Å². The summed E-state index contributed by atoms with van der Waals surface area (Å²) >= 11 is 0. The maximum Gasteiger partial charge on any atom is 0.269 e. The van der Waals surface area contributed by atoms with E-state index in [1.54, 1.807) is 0 Å². The maximum absolute atomic E-state index is 12.8. The first-order valence-electron chi connectivity index (χ1n) is 8.43. The molecule has 1 aliphatic rings. The van der Waals surface area contributed by atoms with Crippen molar-refractivity contribution in [3.05, 3.63) is 64.2 Å². The zero-order valence-corrected chi connectivity index (χ0v) is 15.4. The van der Waals surface area contributed by atoms with Crippen LogP contribution in [0.15, 0.2) is 53.4 Å². The molecule has 138 valence electrons. The molecule has 2 aromatic carbocycles. The third-order valence-electron chi connectivity index (χ3n) is 4.59. The summed E-state index contributed by atoms with van der Waals surface area (Å²) in [7, 11) is -2.20. The van der Waals surface area contributed by atoms with E-state index < -0.39 is 14.9 Å². The summed E-state index contributed by atoms with van der Waals surface area (Å²) in [5.41, 5.74) is 1.88. The Hall–Kier alpha value is -2.45. The van der Waals surface area contributed by atoms with Crippen LogP contribution in [0.3, 0.4) is 0 Å². The van der Waals surface area contributed by atoms with Crippen molar-refractivity contribution < 1.29 is 13.3 Å². The summed E-state index contributed by atoms with van der Waals surface area (Å²) in [6.45, 7) is 2.21. The van der Waals surface area contributed by atoms with Gasteiger partial charge in [-0.1, -0.05) is 18.2 Å². The van der Waals surface area contributed by atoms with Crippen molar-refractivity contribution in [3.8, 4) is 0 Å². The van der Waals surface area contributed by atoms with Crippen molar-refractivity contribution in [3.63, 3.8) is 0 Å². The molecule has 0 radical (unpaired) electrons. The summed E-state index contributed by atoms with van der Waals surface area (Å²) in [4.78, 5) is 12.5. The highest BCUT2D eigenvalue weighted by atomic mass is 32.2. The largest absolute Gasteiger partial charge is 0.371 e. The maximum atomic E-state index is 12.8. The van der Waals surface area contributed by atoms with Gasteiger partial charge in [-0.05, 0) is 36.6 Å². The highest BCUT2D eigenvalue weighted by Crippen LogP contribution is 2.27. The summed E-state index contributed by atoms with van der Waals surface area (Å²) < 4.78 is 26.9. The van der Waals surface area contributed by atoms with E-state index >= 15 is 0 Å². The van der Waals surface area contributed by atoms with Crippen LogP contribution in [0.5, 0.6) is 0 Å². The summed E-state index contributed by atoms with van der Waals surface area (Å²) in [5, 5.41) is 10.7. The number of benzene rings is 2. The minimum absolute atomic E-state index is 0.0456. The lowest BCUT2D eigenvalue weighted by Crippen LogP contribution is -2.28. The van der Waals surface area contributed by atoms with Crippen molar-refractivity contribution in [2.24, 2.45) is 0 Å². The molecule has 0 bridgehead atoms. The third kappa shape index (κ3) is 3.71. The Labute approximate surface area is 153 Å². The lowest BCUT2D eigenvalue weighted by molar-refractivity contribution is -0.384. The molecule has 0 atom stereocenters. The predicted octanol–water partition coefficient (Wildman–Crippen LogP) is 3.02. The molecule has 1 saturated heterocycles. The molecular weight excluding hydrogens is 354 g/mol. The first-order chi connectivity index (χ1) is 12.4. The molecule has 0 saturated carbocycles. The molecule has 0 unspecified atom stereocenters. The van der Waals surface area contributed by atoms with Crippen molar-refractivity contribution in [1.29, 1.82) is 0 Å². The van der Waals surface area contributed by atoms with Crippen LogP contribution in [0.1, 0.15) is 18.4 Å². The number of para-hydroxylation sites is 1. The van der Waals surface area contributed by atoms with Crippen LogP contribution < -0.4 is 4.90 Å². The fraction of sp³-hybridized carbons (Fsp3) is 0.333. The molecule has 3 rings (SSSR count). The Morgan fingerprint density at radius 1 is 1.08 bits per heavy atom. The van der Waals surface area contributed by atoms with Gasteiger partial charge in [-0.25, -0.2) is 8.42 Å². The average molecular weight is 375 g/mol. The standard InChI is InChI=1S/C18H21N3O4S/c1-19(26(24,25)17-10-8-16(9-11-17)21(22)23)14-15-6-2-3-7-18(15)20-12-4-5-13-20/h2-3,6-11H,4-5,12-14H2,1H3. The Balaban J connectivity index is 1.83. The fourth-order valence-corrected chi connectivity index (χ4v) is 4.30. The van der Waals surface area contributed by atoms with Crippen LogP contribution >= 0.6 is 0 Å². The number of rotatable bonds is 6. The number of non-ortho nitro benzene ring substituents is 1. The Bertz CT molecular complexity index is 891. The van der Waals surface area contributed by atoms with Crippen LogP contribution in [0.25, 0.3) is 0 Å². The van der Waals surface area contributed by atoms with Crippen LogP contribution in [0, 0.1) is 10.1 Å². The minimum atomic E-state index is -3.73.